The SMILES string of the molecule is COC(=O)CNc1ccc(OC)c(Cl)c1S(=O)(=O)c1ccccc1. The molecule has 6 nitrogen and oxygen atoms in total. The number of halogens is 1. The largest absolute Gasteiger partial charge is 0.495 e. The molecule has 8 heteroatoms. The van der Waals surface area contributed by atoms with Crippen molar-refractivity contribution in [2.24, 2.45) is 0 Å². The molecule has 2 aromatic rings. The Kier molecular flexibility index (Phi) is 5.69. The van der Waals surface area contributed by atoms with Crippen molar-refractivity contribution in [3.8, 4) is 5.75 Å². The first-order valence-electron chi connectivity index (χ1n) is 6.89. The number of carbonyl (C=O) groups excluding carboxylic acids is 1. The van der Waals surface area contributed by atoms with Gasteiger partial charge in [0.05, 0.1) is 24.8 Å². The summed E-state index contributed by atoms with van der Waals surface area (Å²) in [6.45, 7) is -0.198. The lowest BCUT2D eigenvalue weighted by Gasteiger charge is -2.16. The minimum atomic E-state index is -3.91. The molecule has 0 aliphatic carbocycles. The molecule has 0 saturated carbocycles. The van der Waals surface area contributed by atoms with E-state index < -0.39 is 15.8 Å². The van der Waals surface area contributed by atoms with Crippen LogP contribution in [0.25, 0.3) is 0 Å². The van der Waals surface area contributed by atoms with Gasteiger partial charge < -0.3 is 14.8 Å². The van der Waals surface area contributed by atoms with Crippen molar-refractivity contribution in [2.75, 3.05) is 26.1 Å². The molecule has 0 atom stereocenters. The minimum absolute atomic E-state index is 0.0591. The molecule has 0 unspecified atom stereocenters. The normalized spacial score (nSPS) is 11.0. The Morgan fingerprint density at radius 3 is 2.38 bits per heavy atom. The monoisotopic (exact) mass is 369 g/mol. The lowest BCUT2D eigenvalue weighted by atomic mass is 10.3. The molecular weight excluding hydrogens is 354 g/mol. The van der Waals surface area contributed by atoms with Crippen molar-refractivity contribution >= 4 is 33.1 Å². The van der Waals surface area contributed by atoms with Gasteiger partial charge in [-0.3, -0.25) is 4.79 Å². The molecule has 0 fully saturated rings. The molecule has 0 saturated heterocycles. The Morgan fingerprint density at radius 1 is 1.12 bits per heavy atom. The highest BCUT2D eigenvalue weighted by Gasteiger charge is 2.27. The number of benzene rings is 2. The van der Waals surface area contributed by atoms with Gasteiger partial charge in [-0.15, -0.1) is 0 Å². The molecular formula is C16H16ClNO5S. The Balaban J connectivity index is 2.59. The van der Waals surface area contributed by atoms with E-state index in [1.54, 1.807) is 18.2 Å². The van der Waals surface area contributed by atoms with Crippen LogP contribution in [-0.4, -0.2) is 35.2 Å². The van der Waals surface area contributed by atoms with Crippen LogP contribution >= 0.6 is 11.6 Å². The van der Waals surface area contributed by atoms with Gasteiger partial charge in [-0.25, -0.2) is 8.42 Å². The Hall–Kier alpha value is -2.25. The molecule has 2 aromatic carbocycles. The number of ether oxygens (including phenoxy) is 2. The zero-order chi connectivity index (χ0) is 17.7. The van der Waals surface area contributed by atoms with Crippen LogP contribution in [0.3, 0.4) is 0 Å². The van der Waals surface area contributed by atoms with E-state index in [1.165, 1.54) is 38.5 Å². The average molecular weight is 370 g/mol. The van der Waals surface area contributed by atoms with Crippen LogP contribution in [0.5, 0.6) is 5.75 Å². The van der Waals surface area contributed by atoms with E-state index in [0.29, 0.717) is 0 Å². The smallest absolute Gasteiger partial charge is 0.325 e. The maximum Gasteiger partial charge on any atom is 0.325 e. The van der Waals surface area contributed by atoms with Gasteiger partial charge in [0.15, 0.2) is 0 Å². The average Bonchev–Trinajstić information content (AvgIpc) is 2.60. The van der Waals surface area contributed by atoms with Gasteiger partial charge >= 0.3 is 5.97 Å². The third-order valence-electron chi connectivity index (χ3n) is 3.25. The van der Waals surface area contributed by atoms with Gasteiger partial charge in [0.25, 0.3) is 0 Å². The highest BCUT2D eigenvalue weighted by atomic mass is 35.5. The van der Waals surface area contributed by atoms with E-state index in [1.807, 2.05) is 0 Å². The van der Waals surface area contributed by atoms with Gasteiger partial charge in [-0.1, -0.05) is 29.8 Å². The van der Waals surface area contributed by atoms with E-state index in [2.05, 4.69) is 10.1 Å². The van der Waals surface area contributed by atoms with Crippen molar-refractivity contribution in [2.45, 2.75) is 9.79 Å². The molecule has 0 aliphatic rings. The molecule has 2 rings (SSSR count). The van der Waals surface area contributed by atoms with E-state index in [-0.39, 0.29) is 32.8 Å². The van der Waals surface area contributed by atoms with Crippen LogP contribution in [0, 0.1) is 0 Å². The van der Waals surface area contributed by atoms with Gasteiger partial charge in [0.2, 0.25) is 9.84 Å². The van der Waals surface area contributed by atoms with E-state index in [0.717, 1.165) is 0 Å². The zero-order valence-electron chi connectivity index (χ0n) is 13.1. The maximum atomic E-state index is 13.0. The summed E-state index contributed by atoms with van der Waals surface area (Å²) in [6, 6.07) is 10.9. The fourth-order valence-electron chi connectivity index (χ4n) is 2.05. The van der Waals surface area contributed by atoms with Crippen molar-refractivity contribution in [3.63, 3.8) is 0 Å². The quantitative estimate of drug-likeness (QED) is 0.788. The number of anilines is 1. The van der Waals surface area contributed by atoms with E-state index >= 15 is 0 Å². The van der Waals surface area contributed by atoms with Gasteiger partial charge in [0, 0.05) is 0 Å². The van der Waals surface area contributed by atoms with Crippen LogP contribution in [0.4, 0.5) is 5.69 Å². The fourth-order valence-corrected chi connectivity index (χ4v) is 4.12. The number of sulfone groups is 1. The molecule has 1 N–H and O–H groups in total. The molecule has 128 valence electrons. The number of methoxy groups -OCH3 is 2. The molecule has 24 heavy (non-hydrogen) atoms. The van der Waals surface area contributed by atoms with Crippen LogP contribution in [0.1, 0.15) is 0 Å². The van der Waals surface area contributed by atoms with Gasteiger partial charge in [-0.2, -0.15) is 0 Å². The zero-order valence-corrected chi connectivity index (χ0v) is 14.6. The summed E-state index contributed by atoms with van der Waals surface area (Å²) in [5.41, 5.74) is 0.190. The summed E-state index contributed by atoms with van der Waals surface area (Å²) < 4.78 is 35.6. The lowest BCUT2D eigenvalue weighted by molar-refractivity contribution is -0.138. The lowest BCUT2D eigenvalue weighted by Crippen LogP contribution is -2.17. The number of nitrogens with one attached hydrogen (secondary N) is 1. The van der Waals surface area contributed by atoms with Crippen molar-refractivity contribution in [1.29, 1.82) is 0 Å². The third-order valence-corrected chi connectivity index (χ3v) is 5.60. The predicted octanol–water partition coefficient (Wildman–Crippen LogP) is 2.77. The molecule has 0 aliphatic heterocycles. The second kappa shape index (κ2) is 7.55. The highest BCUT2D eigenvalue weighted by Crippen LogP contribution is 2.39. The molecule has 0 aromatic heterocycles. The first-order valence-corrected chi connectivity index (χ1v) is 8.75. The standard InChI is InChI=1S/C16H16ClNO5S/c1-22-13-9-8-12(18-10-14(19)23-2)16(15(13)17)24(20,21)11-6-4-3-5-7-11/h3-9,18H,10H2,1-2H3. The molecule has 0 amide bonds. The summed E-state index contributed by atoms with van der Waals surface area (Å²) >= 11 is 6.24. The second-order valence-corrected chi connectivity index (χ2v) is 6.97. The summed E-state index contributed by atoms with van der Waals surface area (Å²) in [7, 11) is -1.28. The predicted molar refractivity (Wildman–Crippen MR) is 90.4 cm³/mol. The molecule has 0 bridgehead atoms. The van der Waals surface area contributed by atoms with Gasteiger partial charge in [-0.05, 0) is 24.3 Å². The topological polar surface area (TPSA) is 81.7 Å². The number of hydrogen-bond acceptors (Lipinski definition) is 6. The second-order valence-electron chi connectivity index (χ2n) is 4.70. The summed E-state index contributed by atoms with van der Waals surface area (Å²) in [6.07, 6.45) is 0. The van der Waals surface area contributed by atoms with Crippen LogP contribution in [0.15, 0.2) is 52.3 Å². The fraction of sp³-hybridized carbons (Fsp3) is 0.188. The number of esters is 1. The Morgan fingerprint density at radius 2 is 1.79 bits per heavy atom. The van der Waals surface area contributed by atoms with Crippen LogP contribution in [0.2, 0.25) is 5.02 Å². The number of rotatable bonds is 6. The minimum Gasteiger partial charge on any atom is -0.495 e. The van der Waals surface area contributed by atoms with Gasteiger partial charge in [0.1, 0.15) is 22.2 Å². The Bertz CT molecular complexity index is 837. The highest BCUT2D eigenvalue weighted by molar-refractivity contribution is 7.91. The molecule has 0 heterocycles. The molecule has 0 radical (unpaired) electrons. The number of carbonyl (C=O) groups is 1. The third kappa shape index (κ3) is 3.63. The van der Waals surface area contributed by atoms with Crippen molar-refractivity contribution in [3.05, 3.63) is 47.5 Å². The molecule has 0 spiro atoms. The first kappa shape index (κ1) is 18.1. The summed E-state index contributed by atoms with van der Waals surface area (Å²) in [5.74, 6) is -0.320. The summed E-state index contributed by atoms with van der Waals surface area (Å²) in [5, 5.41) is 2.68. The van der Waals surface area contributed by atoms with Crippen LogP contribution < -0.4 is 10.1 Å². The van der Waals surface area contributed by atoms with Crippen LogP contribution in [-0.2, 0) is 19.4 Å². The maximum absolute atomic E-state index is 13.0. The summed E-state index contributed by atoms with van der Waals surface area (Å²) in [4.78, 5) is 11.3. The van der Waals surface area contributed by atoms with E-state index in [9.17, 15) is 13.2 Å². The Labute approximate surface area is 145 Å². The first-order chi connectivity index (χ1) is 11.4. The van der Waals surface area contributed by atoms with Crippen molar-refractivity contribution < 1.29 is 22.7 Å². The number of hydrogen-bond donors (Lipinski definition) is 1. The van der Waals surface area contributed by atoms with Crippen molar-refractivity contribution in [1.82, 2.24) is 0 Å². The van der Waals surface area contributed by atoms with E-state index in [4.69, 9.17) is 16.3 Å².